The van der Waals surface area contributed by atoms with E-state index in [4.69, 9.17) is 16.3 Å². The fourth-order valence-electron chi connectivity index (χ4n) is 1.64. The summed E-state index contributed by atoms with van der Waals surface area (Å²) in [4.78, 5) is 0.221. The molecule has 6 heteroatoms. The van der Waals surface area contributed by atoms with Gasteiger partial charge in [0.2, 0.25) is 0 Å². The monoisotopic (exact) mass is 299 g/mol. The van der Waals surface area contributed by atoms with Crippen molar-refractivity contribution >= 4 is 21.6 Å². The molecule has 2 rings (SSSR count). The molecule has 0 bridgehead atoms. The lowest BCUT2D eigenvalue weighted by atomic mass is 10.1. The van der Waals surface area contributed by atoms with Crippen molar-refractivity contribution in [3.63, 3.8) is 0 Å². The predicted molar refractivity (Wildman–Crippen MR) is 74.2 cm³/mol. The lowest BCUT2D eigenvalue weighted by molar-refractivity contribution is 0.106. The van der Waals surface area contributed by atoms with E-state index in [1.807, 2.05) is 0 Å². The van der Waals surface area contributed by atoms with Crippen LogP contribution in [0.5, 0.6) is 0 Å². The SMILES string of the molecule is COC1(Cl)C=CC(NS(=O)(=O)c2ccccc2)=CC1. The molecule has 0 saturated heterocycles. The van der Waals surface area contributed by atoms with Crippen LogP contribution in [0.4, 0.5) is 0 Å². The van der Waals surface area contributed by atoms with Gasteiger partial charge >= 0.3 is 0 Å². The number of hydrogen-bond acceptors (Lipinski definition) is 3. The summed E-state index contributed by atoms with van der Waals surface area (Å²) in [5.41, 5.74) is 0.483. The van der Waals surface area contributed by atoms with Gasteiger partial charge in [0.1, 0.15) is 0 Å². The summed E-state index contributed by atoms with van der Waals surface area (Å²) in [5.74, 6) is 0. The van der Waals surface area contributed by atoms with Crippen LogP contribution in [-0.4, -0.2) is 20.6 Å². The molecule has 1 aromatic rings. The molecule has 19 heavy (non-hydrogen) atoms. The number of rotatable bonds is 4. The number of methoxy groups -OCH3 is 1. The van der Waals surface area contributed by atoms with E-state index in [2.05, 4.69) is 4.72 Å². The zero-order valence-corrected chi connectivity index (χ0v) is 11.9. The van der Waals surface area contributed by atoms with Crippen LogP contribution in [0.3, 0.4) is 0 Å². The Morgan fingerprint density at radius 2 is 2.00 bits per heavy atom. The average molecular weight is 300 g/mol. The number of sulfonamides is 1. The van der Waals surface area contributed by atoms with Crippen molar-refractivity contribution < 1.29 is 13.2 Å². The second-order valence-electron chi connectivity index (χ2n) is 4.11. The van der Waals surface area contributed by atoms with Crippen LogP contribution in [0, 0.1) is 0 Å². The Bertz CT molecular complexity index is 610. The second kappa shape index (κ2) is 5.36. The molecule has 1 unspecified atom stereocenters. The molecule has 0 heterocycles. The highest BCUT2D eigenvalue weighted by molar-refractivity contribution is 7.89. The van der Waals surface area contributed by atoms with Crippen LogP contribution in [0.1, 0.15) is 6.42 Å². The van der Waals surface area contributed by atoms with Crippen molar-refractivity contribution in [2.24, 2.45) is 0 Å². The minimum atomic E-state index is -3.56. The number of hydrogen-bond donors (Lipinski definition) is 1. The topological polar surface area (TPSA) is 55.4 Å². The second-order valence-corrected chi connectivity index (χ2v) is 6.43. The Kier molecular flexibility index (Phi) is 3.99. The summed E-state index contributed by atoms with van der Waals surface area (Å²) in [6, 6.07) is 8.19. The van der Waals surface area contributed by atoms with Gasteiger partial charge in [-0.05, 0) is 24.3 Å². The Morgan fingerprint density at radius 3 is 2.53 bits per heavy atom. The van der Waals surface area contributed by atoms with E-state index in [-0.39, 0.29) is 4.90 Å². The van der Waals surface area contributed by atoms with Crippen molar-refractivity contribution in [1.82, 2.24) is 4.72 Å². The number of benzene rings is 1. The lowest BCUT2D eigenvalue weighted by Gasteiger charge is -2.24. The zero-order chi connectivity index (χ0) is 13.9. The average Bonchev–Trinajstić information content (AvgIpc) is 2.42. The van der Waals surface area contributed by atoms with Gasteiger partial charge in [0, 0.05) is 19.2 Å². The van der Waals surface area contributed by atoms with Crippen LogP contribution in [0.25, 0.3) is 0 Å². The molecule has 102 valence electrons. The molecule has 4 nitrogen and oxygen atoms in total. The van der Waals surface area contributed by atoms with Crippen LogP contribution < -0.4 is 4.72 Å². The normalized spacial score (nSPS) is 22.9. The van der Waals surface area contributed by atoms with Gasteiger partial charge in [-0.1, -0.05) is 35.9 Å². The number of allylic oxidation sites excluding steroid dienone is 1. The standard InChI is InChI=1S/C13H14ClNO3S/c1-18-13(14)9-7-11(8-10-13)15-19(16,17)12-5-3-2-4-6-12/h2-9,15H,10H2,1H3. The molecule has 0 aliphatic heterocycles. The molecule has 1 aliphatic rings. The van der Waals surface area contributed by atoms with Crippen molar-refractivity contribution in [3.05, 3.63) is 54.3 Å². The van der Waals surface area contributed by atoms with E-state index in [1.165, 1.54) is 19.2 Å². The smallest absolute Gasteiger partial charge is 0.261 e. The fraction of sp³-hybridized carbons (Fsp3) is 0.231. The maximum absolute atomic E-state index is 12.1. The minimum Gasteiger partial charge on any atom is -0.359 e. The Morgan fingerprint density at radius 1 is 1.32 bits per heavy atom. The van der Waals surface area contributed by atoms with E-state index >= 15 is 0 Å². The summed E-state index contributed by atoms with van der Waals surface area (Å²) < 4.78 is 31.8. The van der Waals surface area contributed by atoms with Gasteiger partial charge in [0.05, 0.1) is 4.90 Å². The molecule has 0 aromatic heterocycles. The third kappa shape index (κ3) is 3.37. The molecule has 0 saturated carbocycles. The van der Waals surface area contributed by atoms with E-state index in [0.717, 1.165) is 0 Å². The number of nitrogens with one attached hydrogen (secondary N) is 1. The van der Waals surface area contributed by atoms with Gasteiger partial charge < -0.3 is 4.74 Å². The maximum atomic E-state index is 12.1. The predicted octanol–water partition coefficient (Wildman–Crippen LogP) is 2.39. The minimum absolute atomic E-state index is 0.221. The highest BCUT2D eigenvalue weighted by atomic mass is 35.5. The van der Waals surface area contributed by atoms with Gasteiger partial charge in [0.25, 0.3) is 10.0 Å². The molecule has 0 fully saturated rings. The summed E-state index contributed by atoms with van der Waals surface area (Å²) >= 11 is 6.08. The first-order chi connectivity index (χ1) is 8.95. The lowest BCUT2D eigenvalue weighted by Crippen LogP contribution is -2.27. The molecule has 0 radical (unpaired) electrons. The Labute approximate surface area is 117 Å². The Hall–Kier alpha value is -1.30. The number of halogens is 1. The summed E-state index contributed by atoms with van der Waals surface area (Å²) in [6.07, 6.45) is 5.31. The van der Waals surface area contributed by atoms with Gasteiger partial charge in [0.15, 0.2) is 5.06 Å². The first-order valence-electron chi connectivity index (χ1n) is 5.66. The molecule has 0 spiro atoms. The summed E-state index contributed by atoms with van der Waals surface area (Å²) in [7, 11) is -2.05. The van der Waals surface area contributed by atoms with Gasteiger partial charge in [-0.2, -0.15) is 0 Å². The largest absolute Gasteiger partial charge is 0.359 e. The van der Waals surface area contributed by atoms with E-state index < -0.39 is 15.1 Å². The highest BCUT2D eigenvalue weighted by Gasteiger charge is 2.25. The van der Waals surface area contributed by atoms with E-state index in [0.29, 0.717) is 12.1 Å². The van der Waals surface area contributed by atoms with E-state index in [1.54, 1.807) is 36.4 Å². The van der Waals surface area contributed by atoms with Crippen LogP contribution >= 0.6 is 11.6 Å². The molecule has 0 amide bonds. The van der Waals surface area contributed by atoms with Crippen LogP contribution in [0.2, 0.25) is 0 Å². The van der Waals surface area contributed by atoms with Crippen molar-refractivity contribution in [3.8, 4) is 0 Å². The third-order valence-electron chi connectivity index (χ3n) is 2.76. The first kappa shape index (κ1) is 14.1. The van der Waals surface area contributed by atoms with Gasteiger partial charge in [-0.15, -0.1) is 0 Å². The van der Waals surface area contributed by atoms with Gasteiger partial charge in [-0.25, -0.2) is 8.42 Å². The highest BCUT2D eigenvalue weighted by Crippen LogP contribution is 2.28. The fourth-order valence-corrected chi connectivity index (χ4v) is 2.88. The van der Waals surface area contributed by atoms with Gasteiger partial charge in [-0.3, -0.25) is 4.72 Å². The van der Waals surface area contributed by atoms with Crippen molar-refractivity contribution in [2.75, 3.05) is 7.11 Å². The zero-order valence-electron chi connectivity index (χ0n) is 10.3. The Balaban J connectivity index is 2.14. The quantitative estimate of drug-likeness (QED) is 0.869. The van der Waals surface area contributed by atoms with Crippen LogP contribution in [-0.2, 0) is 14.8 Å². The molecule has 1 aromatic carbocycles. The van der Waals surface area contributed by atoms with E-state index in [9.17, 15) is 8.42 Å². The van der Waals surface area contributed by atoms with Crippen molar-refractivity contribution in [1.29, 1.82) is 0 Å². The van der Waals surface area contributed by atoms with Crippen molar-refractivity contribution in [2.45, 2.75) is 16.4 Å². The molecular weight excluding hydrogens is 286 g/mol. The number of alkyl halides is 1. The van der Waals surface area contributed by atoms with Crippen LogP contribution in [0.15, 0.2) is 59.2 Å². The summed E-state index contributed by atoms with van der Waals surface area (Å²) in [6.45, 7) is 0. The molecular formula is C13H14ClNO3S. The third-order valence-corrected chi connectivity index (χ3v) is 4.59. The number of ether oxygens (including phenoxy) is 1. The molecule has 1 atom stereocenters. The molecule has 1 N–H and O–H groups in total. The summed E-state index contributed by atoms with van der Waals surface area (Å²) in [5, 5.41) is -0.887. The molecule has 1 aliphatic carbocycles. The maximum Gasteiger partial charge on any atom is 0.261 e. The first-order valence-corrected chi connectivity index (χ1v) is 7.53.